The number of hydrogen-bond acceptors (Lipinski definition) is 7. The molecule has 1 saturated heterocycles. The predicted octanol–water partition coefficient (Wildman–Crippen LogP) is 1.36. The molecule has 4 rings (SSSR count). The molecule has 11 heteroatoms. The summed E-state index contributed by atoms with van der Waals surface area (Å²) in [6.45, 7) is -2.81. The molecule has 2 fully saturated rings. The van der Waals surface area contributed by atoms with E-state index in [2.05, 4.69) is 15.3 Å². The Bertz CT molecular complexity index is 1330. The monoisotopic (exact) mass is 459 g/mol. The van der Waals surface area contributed by atoms with Gasteiger partial charge in [0.1, 0.15) is 11.8 Å². The van der Waals surface area contributed by atoms with E-state index in [9.17, 15) is 22.7 Å². The Morgan fingerprint density at radius 1 is 1.29 bits per heavy atom. The molecule has 2 aromatic rings. The molecule has 9 nitrogen and oxygen atoms in total. The minimum absolute atomic E-state index is 0.00564. The zero-order chi connectivity index (χ0) is 27.3. The Morgan fingerprint density at radius 2 is 2.06 bits per heavy atom. The van der Waals surface area contributed by atoms with E-state index in [0.29, 0.717) is 0 Å². The Labute approximate surface area is 188 Å². The number of alkyl halides is 1. The number of fused-ring (bicyclic) bond motifs is 1. The first-order chi connectivity index (χ1) is 17.1. The molecule has 0 amide bonds. The Kier molecular flexibility index (Phi) is 4.26. The highest BCUT2D eigenvalue weighted by molar-refractivity contribution is 7.88. The van der Waals surface area contributed by atoms with Gasteiger partial charge in [-0.1, -0.05) is 0 Å². The van der Waals surface area contributed by atoms with Crippen molar-refractivity contribution in [1.82, 2.24) is 18.8 Å². The molecule has 1 aliphatic heterocycles. The fourth-order valence-electron chi connectivity index (χ4n) is 4.28. The minimum atomic E-state index is -4.44. The summed E-state index contributed by atoms with van der Waals surface area (Å²) in [5.41, 5.74) is -1.40. The first-order valence-electron chi connectivity index (χ1n) is 13.1. The van der Waals surface area contributed by atoms with Crippen molar-refractivity contribution < 1.29 is 26.1 Å². The molecule has 1 saturated carbocycles. The van der Waals surface area contributed by atoms with Gasteiger partial charge in [-0.05, 0) is 45.0 Å². The second-order valence-corrected chi connectivity index (χ2v) is 9.55. The molecular formula is C20H28FN5O4S. The van der Waals surface area contributed by atoms with E-state index in [0.717, 1.165) is 14.9 Å². The van der Waals surface area contributed by atoms with Gasteiger partial charge in [0.05, 0.1) is 18.3 Å². The highest BCUT2D eigenvalue weighted by atomic mass is 32.2. The fraction of sp³-hybridized carbons (Fsp3) is 0.650. The number of halogens is 1. The van der Waals surface area contributed by atoms with Crippen molar-refractivity contribution in [3.05, 3.63) is 28.2 Å². The van der Waals surface area contributed by atoms with Crippen LogP contribution in [0.2, 0.25) is 0 Å². The molecule has 0 aromatic carbocycles. The highest BCUT2D eigenvalue weighted by Crippen LogP contribution is 2.32. The third-order valence-corrected chi connectivity index (χ3v) is 6.98. The van der Waals surface area contributed by atoms with E-state index in [1.807, 2.05) is 0 Å². The summed E-state index contributed by atoms with van der Waals surface area (Å²) >= 11 is 0. The number of aryl methyl sites for hydroxylation is 1. The van der Waals surface area contributed by atoms with Crippen LogP contribution in [-0.2, 0) is 10.0 Å². The summed E-state index contributed by atoms with van der Waals surface area (Å²) in [7, 11) is -4.44. The summed E-state index contributed by atoms with van der Waals surface area (Å²) in [6, 6.07) is -0.264. The van der Waals surface area contributed by atoms with Crippen LogP contribution in [-0.4, -0.2) is 70.0 Å². The van der Waals surface area contributed by atoms with Gasteiger partial charge in [-0.3, -0.25) is 9.36 Å². The van der Waals surface area contributed by atoms with Gasteiger partial charge in [0, 0.05) is 44.5 Å². The van der Waals surface area contributed by atoms with Gasteiger partial charge in [0.15, 0.2) is 0 Å². The number of hydrogen-bond donors (Lipinski definition) is 2. The zero-order valence-electron chi connectivity index (χ0n) is 22.7. The van der Waals surface area contributed by atoms with Crippen molar-refractivity contribution in [3.8, 4) is 0 Å². The molecule has 0 bridgehead atoms. The molecule has 2 N–H and O–H groups in total. The van der Waals surface area contributed by atoms with Crippen LogP contribution in [0.5, 0.6) is 0 Å². The standard InChI is InChI=1S/C20H28FN5O4S/c1-12-9-13-11-22-20(23-14-5-7-25(8-6-14)31(2,29)30)24-18(13)26(19(12)28)17-10-15(27)3-4-16(17)21/h9,11,14-17,27H,3-8,10H2,1-2H3,(H,22,23,24)/t15-,16+,17+/m1/s1/i1D3,2D3. The number of nitrogens with zero attached hydrogens (tertiary/aromatic N) is 4. The second-order valence-electron chi connectivity index (χ2n) is 8.08. The lowest BCUT2D eigenvalue weighted by atomic mass is 9.90. The van der Waals surface area contributed by atoms with Crippen molar-refractivity contribution in [2.24, 2.45) is 0 Å². The van der Waals surface area contributed by atoms with Crippen LogP contribution in [0.25, 0.3) is 11.0 Å². The van der Waals surface area contributed by atoms with Crippen LogP contribution in [0.4, 0.5) is 10.3 Å². The smallest absolute Gasteiger partial charge is 0.255 e. The van der Waals surface area contributed by atoms with Crippen LogP contribution in [0.3, 0.4) is 0 Å². The Balaban J connectivity index is 1.66. The molecule has 2 aliphatic rings. The predicted molar refractivity (Wildman–Crippen MR) is 115 cm³/mol. The fourth-order valence-corrected chi connectivity index (χ4v) is 4.97. The lowest BCUT2D eigenvalue weighted by molar-refractivity contribution is 0.0555. The van der Waals surface area contributed by atoms with Crippen LogP contribution in [0, 0.1) is 6.85 Å². The number of pyridine rings is 1. The first-order valence-corrected chi connectivity index (χ1v) is 11.5. The second kappa shape index (κ2) is 8.44. The lowest BCUT2D eigenvalue weighted by Gasteiger charge is -2.32. The summed E-state index contributed by atoms with van der Waals surface area (Å²) < 4.78 is 86.2. The average molecular weight is 460 g/mol. The summed E-state index contributed by atoms with van der Waals surface area (Å²) in [6.07, 6.45) is -3.50. The van der Waals surface area contributed by atoms with Crippen molar-refractivity contribution in [3.63, 3.8) is 0 Å². The average Bonchev–Trinajstić information content (AvgIpc) is 2.79. The molecule has 1 aliphatic carbocycles. The van der Waals surface area contributed by atoms with Gasteiger partial charge in [0.25, 0.3) is 5.56 Å². The number of sulfonamides is 1. The van der Waals surface area contributed by atoms with E-state index in [4.69, 9.17) is 8.22 Å². The van der Waals surface area contributed by atoms with Gasteiger partial charge in [-0.25, -0.2) is 22.1 Å². The number of anilines is 1. The summed E-state index contributed by atoms with van der Waals surface area (Å²) in [4.78, 5) is 21.8. The number of aromatic nitrogens is 3. The van der Waals surface area contributed by atoms with Gasteiger partial charge >= 0.3 is 0 Å². The van der Waals surface area contributed by atoms with Gasteiger partial charge in [0.2, 0.25) is 16.0 Å². The third kappa shape index (κ3) is 4.58. The van der Waals surface area contributed by atoms with E-state index < -0.39 is 52.5 Å². The Hall–Kier alpha value is -2.11. The minimum Gasteiger partial charge on any atom is -0.393 e. The van der Waals surface area contributed by atoms with E-state index >= 15 is 0 Å². The van der Waals surface area contributed by atoms with Gasteiger partial charge in [-0.2, -0.15) is 4.98 Å². The quantitative estimate of drug-likeness (QED) is 0.709. The maximum Gasteiger partial charge on any atom is 0.255 e. The van der Waals surface area contributed by atoms with Crippen molar-refractivity contribution in [2.45, 2.75) is 63.3 Å². The molecular weight excluding hydrogens is 425 g/mol. The SMILES string of the molecule is [2H]C([2H])([2H])c1cc2cnc(NC3CCN(S(=O)(=O)C([2H])([2H])[2H])CC3)nc2n([C@H]2C[C@H](O)CC[C@@H]2F)c1=O. The Morgan fingerprint density at radius 3 is 2.77 bits per heavy atom. The molecule has 31 heavy (non-hydrogen) atoms. The number of nitrogens with one attached hydrogen (secondary N) is 1. The molecule has 3 atom stereocenters. The van der Waals surface area contributed by atoms with Crippen LogP contribution >= 0.6 is 0 Å². The lowest BCUT2D eigenvalue weighted by Crippen LogP contribution is -2.42. The third-order valence-electron chi connectivity index (χ3n) is 5.94. The molecule has 170 valence electrons. The molecule has 0 spiro atoms. The molecule has 0 unspecified atom stereocenters. The number of aliphatic hydroxyl groups excluding tert-OH is 1. The van der Waals surface area contributed by atoms with Crippen LogP contribution < -0.4 is 10.9 Å². The highest BCUT2D eigenvalue weighted by Gasteiger charge is 2.33. The normalized spacial score (nSPS) is 29.9. The maximum absolute atomic E-state index is 15.0. The van der Waals surface area contributed by atoms with Crippen LogP contribution in [0.15, 0.2) is 17.1 Å². The van der Waals surface area contributed by atoms with E-state index in [-0.39, 0.29) is 68.2 Å². The van der Waals surface area contributed by atoms with Crippen molar-refractivity contribution >= 4 is 27.0 Å². The van der Waals surface area contributed by atoms with E-state index in [1.54, 1.807) is 0 Å². The number of aliphatic hydroxyl groups is 1. The molecule has 0 radical (unpaired) electrons. The summed E-state index contributed by atoms with van der Waals surface area (Å²) in [5.74, 6) is 0.0613. The maximum atomic E-state index is 15.0. The number of piperidine rings is 1. The topological polar surface area (TPSA) is 117 Å². The largest absolute Gasteiger partial charge is 0.393 e. The molecule has 3 heterocycles. The van der Waals surface area contributed by atoms with Crippen molar-refractivity contribution in [2.75, 3.05) is 24.6 Å². The first kappa shape index (κ1) is 15.7. The van der Waals surface area contributed by atoms with Gasteiger partial charge in [-0.15, -0.1) is 0 Å². The zero-order valence-corrected chi connectivity index (χ0v) is 17.5. The summed E-state index contributed by atoms with van der Waals surface area (Å²) in [5, 5.41) is 13.4. The van der Waals surface area contributed by atoms with Crippen LogP contribution in [0.1, 0.15) is 51.9 Å². The number of rotatable bonds is 4. The van der Waals surface area contributed by atoms with Gasteiger partial charge < -0.3 is 10.4 Å². The molecule has 2 aromatic heterocycles. The van der Waals surface area contributed by atoms with E-state index in [1.165, 1.54) is 6.20 Å². The van der Waals surface area contributed by atoms with Crippen molar-refractivity contribution in [1.29, 1.82) is 0 Å².